The number of nitrogens with one attached hydrogen (secondary N) is 1. The van der Waals surface area contributed by atoms with Gasteiger partial charge in [-0.05, 0) is 52.6 Å². The van der Waals surface area contributed by atoms with Gasteiger partial charge in [-0.1, -0.05) is 194 Å². The first-order chi connectivity index (χ1) is 31.2. The molecule has 0 bridgehead atoms. The van der Waals surface area contributed by atoms with Crippen LogP contribution in [0.25, 0.3) is 82.7 Å². The predicted octanol–water partition coefficient (Wildman–Crippen LogP) is 14.0. The number of para-hydroxylation sites is 4. The summed E-state index contributed by atoms with van der Waals surface area (Å²) in [5.74, 6) is 1.50. The first kappa shape index (κ1) is 36.4. The molecule has 1 atom stereocenters. The van der Waals surface area contributed by atoms with Crippen LogP contribution >= 0.6 is 0 Å². The monoisotopic (exact) mass is 805 g/mol. The molecule has 5 heteroatoms. The number of pyridine rings is 1. The Morgan fingerprint density at radius 1 is 0.413 bits per heavy atom. The zero-order valence-corrected chi connectivity index (χ0v) is 34.2. The van der Waals surface area contributed by atoms with Crippen LogP contribution in [0, 0.1) is 0 Å². The number of amidine groups is 2. The van der Waals surface area contributed by atoms with E-state index in [0.717, 1.165) is 66.9 Å². The number of benzene rings is 9. The van der Waals surface area contributed by atoms with Gasteiger partial charge in [-0.15, -0.1) is 0 Å². The Labute approximate surface area is 365 Å². The lowest BCUT2D eigenvalue weighted by Gasteiger charge is -2.23. The first-order valence-electron chi connectivity index (χ1n) is 21.4. The van der Waals surface area contributed by atoms with Crippen molar-refractivity contribution >= 4 is 55.2 Å². The maximum Gasteiger partial charge on any atom is 0.159 e. The van der Waals surface area contributed by atoms with Crippen molar-refractivity contribution in [2.24, 2.45) is 9.98 Å². The topological polar surface area (TPSA) is 54.6 Å². The van der Waals surface area contributed by atoms with Crippen LogP contribution in [0.3, 0.4) is 0 Å². The van der Waals surface area contributed by atoms with Gasteiger partial charge in [0, 0.05) is 49.2 Å². The number of hydrogen-bond donors (Lipinski definition) is 1. The number of aliphatic imine (C=N–C) groups is 2. The number of hydrogen-bond acceptors (Lipinski definition) is 4. The van der Waals surface area contributed by atoms with E-state index < -0.39 is 0 Å². The van der Waals surface area contributed by atoms with E-state index in [1.165, 1.54) is 38.3 Å². The fraction of sp³-hybridized carbons (Fsp3) is 0.0172. The summed E-state index contributed by atoms with van der Waals surface area (Å²) in [7, 11) is 0. The Bertz CT molecular complexity index is 3530. The van der Waals surface area contributed by atoms with Crippen LogP contribution in [-0.4, -0.2) is 21.2 Å². The smallest absolute Gasteiger partial charge is 0.159 e. The molecule has 1 N–H and O–H groups in total. The SMILES string of the molecule is c1ccc(C2=NC(c3ccc(-c4cccc(-c5nc6ccccc6c6c(-c7ccccc7-n7c8ccccc8c8ccccc87)cccc56)c4)cc3)=NC(c3ccccc3)N2)cc1. The Morgan fingerprint density at radius 3 is 1.76 bits per heavy atom. The molecule has 0 radical (unpaired) electrons. The molecule has 1 aliphatic heterocycles. The number of fused-ring (bicyclic) bond motifs is 6. The maximum absolute atomic E-state index is 5.40. The van der Waals surface area contributed by atoms with E-state index >= 15 is 0 Å². The Morgan fingerprint density at radius 2 is 0.984 bits per heavy atom. The summed E-state index contributed by atoms with van der Waals surface area (Å²) in [5.41, 5.74) is 14.1. The van der Waals surface area contributed by atoms with Crippen molar-refractivity contribution in [2.45, 2.75) is 6.17 Å². The number of rotatable bonds is 7. The van der Waals surface area contributed by atoms with Gasteiger partial charge in [0.1, 0.15) is 12.0 Å². The fourth-order valence-electron chi connectivity index (χ4n) is 9.31. The third kappa shape index (κ3) is 6.37. The minimum atomic E-state index is -0.253. The van der Waals surface area contributed by atoms with E-state index in [-0.39, 0.29) is 6.17 Å². The highest BCUT2D eigenvalue weighted by atomic mass is 15.2. The quantitative estimate of drug-likeness (QED) is 0.163. The van der Waals surface area contributed by atoms with Crippen LogP contribution in [0.4, 0.5) is 0 Å². The largest absolute Gasteiger partial charge is 0.344 e. The summed E-state index contributed by atoms with van der Waals surface area (Å²) in [6.07, 6.45) is -0.253. The average molecular weight is 806 g/mol. The van der Waals surface area contributed by atoms with E-state index in [0.29, 0.717) is 5.84 Å². The van der Waals surface area contributed by atoms with Crippen LogP contribution in [0.1, 0.15) is 22.9 Å². The van der Waals surface area contributed by atoms with Crippen molar-refractivity contribution in [3.05, 3.63) is 241 Å². The average Bonchev–Trinajstić information content (AvgIpc) is 3.70. The lowest BCUT2D eigenvalue weighted by Crippen LogP contribution is -2.33. The normalized spacial score (nSPS) is 13.9. The molecule has 0 saturated carbocycles. The molecular weight excluding hydrogens is 767 g/mol. The molecule has 2 aromatic heterocycles. The molecule has 1 aliphatic rings. The van der Waals surface area contributed by atoms with Crippen LogP contribution in [-0.2, 0) is 0 Å². The van der Waals surface area contributed by atoms with Crippen molar-refractivity contribution in [1.29, 1.82) is 0 Å². The van der Waals surface area contributed by atoms with Crippen LogP contribution < -0.4 is 5.32 Å². The lowest BCUT2D eigenvalue weighted by atomic mass is 9.91. The molecule has 63 heavy (non-hydrogen) atoms. The molecule has 296 valence electrons. The summed E-state index contributed by atoms with van der Waals surface area (Å²) in [4.78, 5) is 15.5. The zero-order chi connectivity index (χ0) is 41.7. The lowest BCUT2D eigenvalue weighted by molar-refractivity contribution is 0.674. The summed E-state index contributed by atoms with van der Waals surface area (Å²) in [6.45, 7) is 0. The molecule has 1 unspecified atom stereocenters. The van der Waals surface area contributed by atoms with Gasteiger partial charge in [0.25, 0.3) is 0 Å². The van der Waals surface area contributed by atoms with Gasteiger partial charge in [0.05, 0.1) is 27.9 Å². The first-order valence-corrected chi connectivity index (χ1v) is 21.4. The summed E-state index contributed by atoms with van der Waals surface area (Å²) < 4.78 is 2.42. The minimum Gasteiger partial charge on any atom is -0.344 e. The summed E-state index contributed by atoms with van der Waals surface area (Å²) in [6, 6.07) is 79.4. The molecule has 0 aliphatic carbocycles. The fourth-order valence-corrected chi connectivity index (χ4v) is 9.31. The third-order valence-corrected chi connectivity index (χ3v) is 12.3. The molecule has 0 spiro atoms. The summed E-state index contributed by atoms with van der Waals surface area (Å²) >= 11 is 0. The second-order valence-corrected chi connectivity index (χ2v) is 16.0. The second-order valence-electron chi connectivity index (χ2n) is 16.0. The molecule has 11 aromatic rings. The van der Waals surface area contributed by atoms with Gasteiger partial charge < -0.3 is 9.88 Å². The highest BCUT2D eigenvalue weighted by molar-refractivity contribution is 6.18. The van der Waals surface area contributed by atoms with Crippen LogP contribution in [0.5, 0.6) is 0 Å². The van der Waals surface area contributed by atoms with Crippen LogP contribution in [0.2, 0.25) is 0 Å². The minimum absolute atomic E-state index is 0.253. The van der Waals surface area contributed by atoms with E-state index in [1.54, 1.807) is 0 Å². The van der Waals surface area contributed by atoms with Gasteiger partial charge in [0.15, 0.2) is 5.84 Å². The van der Waals surface area contributed by atoms with E-state index in [1.807, 2.05) is 36.4 Å². The Balaban J connectivity index is 0.962. The van der Waals surface area contributed by atoms with Gasteiger partial charge in [-0.25, -0.2) is 15.0 Å². The molecule has 0 saturated heterocycles. The number of nitrogens with zero attached hydrogens (tertiary/aromatic N) is 4. The molecule has 5 nitrogen and oxygen atoms in total. The van der Waals surface area contributed by atoms with E-state index in [4.69, 9.17) is 15.0 Å². The van der Waals surface area contributed by atoms with Gasteiger partial charge in [-0.2, -0.15) is 0 Å². The molecule has 12 rings (SSSR count). The summed E-state index contributed by atoms with van der Waals surface area (Å²) in [5, 5.41) is 9.48. The molecule has 3 heterocycles. The third-order valence-electron chi connectivity index (χ3n) is 12.3. The van der Waals surface area contributed by atoms with E-state index in [9.17, 15) is 0 Å². The predicted molar refractivity (Wildman–Crippen MR) is 262 cm³/mol. The second kappa shape index (κ2) is 15.2. The van der Waals surface area contributed by atoms with Crippen LogP contribution in [0.15, 0.2) is 234 Å². The van der Waals surface area contributed by atoms with E-state index in [2.05, 4.69) is 198 Å². The molecular formula is C58H39N5. The molecule has 0 amide bonds. The van der Waals surface area contributed by atoms with Gasteiger partial charge >= 0.3 is 0 Å². The van der Waals surface area contributed by atoms with Crippen molar-refractivity contribution in [2.75, 3.05) is 0 Å². The number of aromatic nitrogens is 2. The van der Waals surface area contributed by atoms with Gasteiger partial charge in [0.2, 0.25) is 0 Å². The van der Waals surface area contributed by atoms with Crippen molar-refractivity contribution in [3.63, 3.8) is 0 Å². The van der Waals surface area contributed by atoms with Crippen molar-refractivity contribution in [1.82, 2.24) is 14.9 Å². The zero-order valence-electron chi connectivity index (χ0n) is 34.2. The van der Waals surface area contributed by atoms with Crippen molar-refractivity contribution in [3.8, 4) is 39.2 Å². The standard InChI is InChI=1S/C58H39N5/c1-3-17-39(18-4-1)56-60-57(40-19-5-2-6-20-40)62-58(61-56)41-35-33-38(34-36-41)42-21-15-22-43(37-42)55-49-28-16-27-47(54(49)48-26-7-11-29-50(48)59-55)46-25-10-14-32-53(46)63-51-30-12-8-23-44(51)45-24-9-13-31-52(45)63/h1-37,56H,(H,60,61,62). The Hall–Kier alpha value is -8.41. The Kier molecular flexibility index (Phi) is 8.82. The molecule has 9 aromatic carbocycles. The van der Waals surface area contributed by atoms with Crippen molar-refractivity contribution < 1.29 is 0 Å². The highest BCUT2D eigenvalue weighted by Crippen LogP contribution is 2.42. The molecule has 0 fully saturated rings. The highest BCUT2D eigenvalue weighted by Gasteiger charge is 2.22. The maximum atomic E-state index is 5.40. The van der Waals surface area contributed by atoms with Gasteiger partial charge in [-0.3, -0.25) is 0 Å².